The normalized spacial score (nSPS) is 13.9. The summed E-state index contributed by atoms with van der Waals surface area (Å²) in [5.41, 5.74) is 6.76. The third-order valence-electron chi connectivity index (χ3n) is 2.14. The van der Waals surface area contributed by atoms with Crippen LogP contribution in [0.2, 0.25) is 5.15 Å². The lowest BCUT2D eigenvalue weighted by molar-refractivity contribution is 0.181. The second kappa shape index (κ2) is 6.96. The maximum atomic E-state index is 12.5. The molecular weight excluding hydrogens is 257 g/mol. The van der Waals surface area contributed by atoms with Gasteiger partial charge in [-0.05, 0) is 6.92 Å². The van der Waals surface area contributed by atoms with Gasteiger partial charge in [-0.25, -0.2) is 9.37 Å². The highest BCUT2D eigenvalue weighted by Gasteiger charge is 2.12. The molecule has 0 aliphatic carbocycles. The predicted octanol–water partition coefficient (Wildman–Crippen LogP) is 2.47. The summed E-state index contributed by atoms with van der Waals surface area (Å²) in [6.07, 6.45) is 3.89. The molecule has 6 heteroatoms. The zero-order valence-electron chi connectivity index (χ0n) is 10.2. The van der Waals surface area contributed by atoms with Gasteiger partial charge < -0.3 is 10.5 Å². The van der Waals surface area contributed by atoms with Crippen molar-refractivity contribution in [3.8, 4) is 5.75 Å². The first-order chi connectivity index (χ1) is 8.62. The summed E-state index contributed by atoms with van der Waals surface area (Å²) >= 11 is 5.80. The summed E-state index contributed by atoms with van der Waals surface area (Å²) in [4.78, 5) is 7.84. The van der Waals surface area contributed by atoms with Crippen LogP contribution in [0.1, 0.15) is 12.5 Å². The van der Waals surface area contributed by atoms with Crippen LogP contribution >= 0.6 is 11.6 Å². The second-order valence-electron chi connectivity index (χ2n) is 3.60. The molecule has 0 spiro atoms. The van der Waals surface area contributed by atoms with Crippen molar-refractivity contribution in [2.24, 2.45) is 10.7 Å². The molecule has 1 unspecified atom stereocenters. The Kier molecular flexibility index (Phi) is 5.58. The van der Waals surface area contributed by atoms with Crippen LogP contribution in [-0.4, -0.2) is 31.0 Å². The van der Waals surface area contributed by atoms with E-state index in [1.165, 1.54) is 18.5 Å². The van der Waals surface area contributed by atoms with Crippen molar-refractivity contribution in [3.05, 3.63) is 29.2 Å². The molecule has 98 valence electrons. The first-order valence-corrected chi connectivity index (χ1v) is 5.72. The molecule has 18 heavy (non-hydrogen) atoms. The van der Waals surface area contributed by atoms with Crippen LogP contribution in [0.3, 0.4) is 0 Å². The first-order valence-electron chi connectivity index (χ1n) is 5.35. The maximum Gasteiger partial charge on any atom is 0.132 e. The van der Waals surface area contributed by atoms with Gasteiger partial charge in [0.05, 0.1) is 0 Å². The molecule has 0 aliphatic rings. The van der Waals surface area contributed by atoms with Crippen molar-refractivity contribution in [2.75, 3.05) is 13.7 Å². The Balaban J connectivity index is 3.17. The van der Waals surface area contributed by atoms with Gasteiger partial charge in [0.2, 0.25) is 0 Å². The Labute approximate surface area is 110 Å². The smallest absolute Gasteiger partial charge is 0.132 e. The van der Waals surface area contributed by atoms with Gasteiger partial charge >= 0.3 is 0 Å². The molecule has 0 saturated heterocycles. The summed E-state index contributed by atoms with van der Waals surface area (Å²) in [5, 5.41) is 0.268. The van der Waals surface area contributed by atoms with E-state index in [-0.39, 0.29) is 5.15 Å². The van der Waals surface area contributed by atoms with Crippen molar-refractivity contribution in [3.63, 3.8) is 0 Å². The standard InChI is InChI=1S/C12H15ClFN3O/c1-8(4-14)18-11-3-12(13)17-7-10(11)9(5-15)6-16-2/h3,5-8H,4,15H2,1-2H3/b9-5+,16-6?. The molecule has 0 bridgehead atoms. The van der Waals surface area contributed by atoms with E-state index in [0.29, 0.717) is 16.9 Å². The Bertz CT molecular complexity index is 463. The molecule has 0 saturated carbocycles. The van der Waals surface area contributed by atoms with E-state index in [4.69, 9.17) is 22.1 Å². The topological polar surface area (TPSA) is 60.5 Å². The van der Waals surface area contributed by atoms with E-state index < -0.39 is 12.8 Å². The average Bonchev–Trinajstić information content (AvgIpc) is 2.36. The van der Waals surface area contributed by atoms with Gasteiger partial charge in [0.25, 0.3) is 0 Å². The summed E-state index contributed by atoms with van der Waals surface area (Å²) in [6, 6.07) is 1.52. The monoisotopic (exact) mass is 271 g/mol. The molecule has 1 rings (SSSR count). The molecule has 2 N–H and O–H groups in total. The first kappa shape index (κ1) is 14.4. The minimum absolute atomic E-state index is 0.268. The van der Waals surface area contributed by atoms with Crippen molar-refractivity contribution in [2.45, 2.75) is 13.0 Å². The SMILES string of the molecule is CN=C/C(=C\N)c1cnc(Cl)cc1OC(C)CF. The van der Waals surface area contributed by atoms with Crippen molar-refractivity contribution >= 4 is 23.4 Å². The number of rotatable bonds is 5. The van der Waals surface area contributed by atoms with E-state index in [1.54, 1.807) is 20.2 Å². The van der Waals surface area contributed by atoms with E-state index in [2.05, 4.69) is 9.98 Å². The number of aromatic nitrogens is 1. The van der Waals surface area contributed by atoms with Crippen molar-refractivity contribution in [1.82, 2.24) is 4.98 Å². The minimum Gasteiger partial charge on any atom is -0.487 e. The van der Waals surface area contributed by atoms with Crippen molar-refractivity contribution < 1.29 is 9.13 Å². The molecule has 4 nitrogen and oxygen atoms in total. The highest BCUT2D eigenvalue weighted by atomic mass is 35.5. The average molecular weight is 272 g/mol. The second-order valence-corrected chi connectivity index (χ2v) is 3.98. The molecule has 1 aromatic heterocycles. The summed E-state index contributed by atoms with van der Waals surface area (Å²) in [7, 11) is 1.62. The quantitative estimate of drug-likeness (QED) is 0.661. The number of pyridine rings is 1. The molecular formula is C12H15ClFN3O. The van der Waals surface area contributed by atoms with Gasteiger partial charge in [-0.2, -0.15) is 0 Å². The van der Waals surface area contributed by atoms with Gasteiger partial charge in [-0.1, -0.05) is 11.6 Å². The number of nitrogens with zero attached hydrogens (tertiary/aromatic N) is 2. The van der Waals surface area contributed by atoms with Gasteiger partial charge in [0.1, 0.15) is 23.7 Å². The number of aliphatic imine (C=N–C) groups is 1. The fraction of sp³-hybridized carbons (Fsp3) is 0.333. The largest absolute Gasteiger partial charge is 0.487 e. The fourth-order valence-electron chi connectivity index (χ4n) is 1.32. The van der Waals surface area contributed by atoms with Crippen LogP contribution in [0, 0.1) is 0 Å². The van der Waals surface area contributed by atoms with Crippen LogP contribution in [0.4, 0.5) is 4.39 Å². The Hall–Kier alpha value is -1.62. The number of alkyl halides is 1. The highest BCUT2D eigenvalue weighted by molar-refractivity contribution is 6.29. The zero-order valence-corrected chi connectivity index (χ0v) is 11.0. The maximum absolute atomic E-state index is 12.5. The molecule has 0 fully saturated rings. The van der Waals surface area contributed by atoms with Crippen LogP contribution in [0.25, 0.3) is 5.57 Å². The van der Waals surface area contributed by atoms with Gasteiger partial charge in [-0.3, -0.25) is 4.99 Å². The van der Waals surface area contributed by atoms with E-state index in [1.807, 2.05) is 0 Å². The summed E-state index contributed by atoms with van der Waals surface area (Å²) in [6.45, 7) is 1.03. The van der Waals surface area contributed by atoms with Crippen LogP contribution in [0.15, 0.2) is 23.5 Å². The Morgan fingerprint density at radius 3 is 3.00 bits per heavy atom. The predicted molar refractivity (Wildman–Crippen MR) is 71.9 cm³/mol. The highest BCUT2D eigenvalue weighted by Crippen LogP contribution is 2.27. The third-order valence-corrected chi connectivity index (χ3v) is 2.34. The Morgan fingerprint density at radius 1 is 1.72 bits per heavy atom. The van der Waals surface area contributed by atoms with Crippen LogP contribution in [-0.2, 0) is 0 Å². The fourth-order valence-corrected chi connectivity index (χ4v) is 1.46. The number of ether oxygens (including phenoxy) is 1. The molecule has 0 aromatic carbocycles. The molecule has 0 amide bonds. The third kappa shape index (κ3) is 3.70. The van der Waals surface area contributed by atoms with Crippen LogP contribution in [0.5, 0.6) is 5.75 Å². The number of hydrogen-bond donors (Lipinski definition) is 1. The lowest BCUT2D eigenvalue weighted by Crippen LogP contribution is -2.15. The van der Waals surface area contributed by atoms with Crippen LogP contribution < -0.4 is 10.5 Å². The van der Waals surface area contributed by atoms with Gasteiger partial charge in [0, 0.05) is 42.9 Å². The molecule has 1 heterocycles. The van der Waals surface area contributed by atoms with Gasteiger partial charge in [0.15, 0.2) is 0 Å². The molecule has 0 radical (unpaired) electrons. The number of hydrogen-bond acceptors (Lipinski definition) is 4. The minimum atomic E-state index is -0.594. The van der Waals surface area contributed by atoms with E-state index >= 15 is 0 Å². The molecule has 1 aromatic rings. The number of allylic oxidation sites excluding steroid dienone is 1. The van der Waals surface area contributed by atoms with E-state index in [0.717, 1.165) is 0 Å². The molecule has 1 atom stereocenters. The van der Waals surface area contributed by atoms with Gasteiger partial charge in [-0.15, -0.1) is 0 Å². The lowest BCUT2D eigenvalue weighted by atomic mass is 10.1. The van der Waals surface area contributed by atoms with E-state index in [9.17, 15) is 4.39 Å². The zero-order chi connectivity index (χ0) is 13.5. The molecule has 0 aliphatic heterocycles. The Morgan fingerprint density at radius 2 is 2.44 bits per heavy atom. The lowest BCUT2D eigenvalue weighted by Gasteiger charge is -2.15. The summed E-state index contributed by atoms with van der Waals surface area (Å²) < 4.78 is 17.9. The van der Waals surface area contributed by atoms with Crippen molar-refractivity contribution in [1.29, 1.82) is 0 Å². The summed E-state index contributed by atoms with van der Waals surface area (Å²) in [5.74, 6) is 0.428. The number of halogens is 2. The number of nitrogens with two attached hydrogens (primary N) is 1.